The van der Waals surface area contributed by atoms with E-state index in [1.807, 2.05) is 18.2 Å². The van der Waals surface area contributed by atoms with Crippen LogP contribution in [0.4, 0.5) is 11.4 Å². The fourth-order valence-electron chi connectivity index (χ4n) is 10.2. The van der Waals surface area contributed by atoms with E-state index in [1.165, 1.54) is 53.6 Å². The van der Waals surface area contributed by atoms with Crippen molar-refractivity contribution in [3.8, 4) is 5.75 Å². The van der Waals surface area contributed by atoms with Gasteiger partial charge in [0.2, 0.25) is 5.91 Å². The predicted octanol–water partition coefficient (Wildman–Crippen LogP) is 6.89. The van der Waals surface area contributed by atoms with Gasteiger partial charge in [0.05, 0.1) is 6.04 Å². The molecule has 2 amide bonds. The average Bonchev–Trinajstić information content (AvgIpc) is 3.54. The predicted molar refractivity (Wildman–Crippen MR) is 221 cm³/mol. The fourth-order valence-corrected chi connectivity index (χ4v) is 10.2. The number of phenolic OH excluding ortho intramolecular Hbond substituents is 1. The Kier molecular flexibility index (Phi) is 9.84. The van der Waals surface area contributed by atoms with Crippen molar-refractivity contribution in [1.82, 2.24) is 15.1 Å². The molecule has 1 aliphatic carbocycles. The number of allylic oxidation sites excluding steroid dienone is 1. The molecule has 5 aliphatic rings. The fraction of sp³-hybridized carbons (Fsp3) is 0.404. The van der Waals surface area contributed by atoms with Crippen LogP contribution >= 0.6 is 0 Å². The van der Waals surface area contributed by atoms with E-state index in [4.69, 9.17) is 0 Å². The first kappa shape index (κ1) is 36.5. The third-order valence-electron chi connectivity index (χ3n) is 13.5. The number of anilines is 2. The summed E-state index contributed by atoms with van der Waals surface area (Å²) in [6.45, 7) is 8.95. The van der Waals surface area contributed by atoms with E-state index in [1.54, 1.807) is 17.0 Å². The molecular formula is C47H53N5O4. The highest BCUT2D eigenvalue weighted by Gasteiger charge is 2.48. The first-order valence-electron chi connectivity index (χ1n) is 20.6. The molecule has 9 heteroatoms. The largest absolute Gasteiger partial charge is 0.508 e. The van der Waals surface area contributed by atoms with Gasteiger partial charge in [-0.2, -0.15) is 0 Å². The number of hydrogen-bond donors (Lipinski definition) is 3. The molecular weight excluding hydrogens is 699 g/mol. The minimum absolute atomic E-state index is 0.0581. The number of carbonyl (C=O) groups is 2. The highest BCUT2D eigenvalue weighted by atomic mass is 16.3. The number of rotatable bonds is 8. The second kappa shape index (κ2) is 15.1. The summed E-state index contributed by atoms with van der Waals surface area (Å²) in [5.74, 6) is 0.0548. The van der Waals surface area contributed by atoms with Gasteiger partial charge >= 0.3 is 0 Å². The minimum atomic E-state index is -1.02. The van der Waals surface area contributed by atoms with E-state index in [0.29, 0.717) is 36.4 Å². The van der Waals surface area contributed by atoms with Gasteiger partial charge in [0.15, 0.2) is 0 Å². The number of piperidine rings is 2. The Labute approximate surface area is 330 Å². The molecule has 4 aromatic rings. The third kappa shape index (κ3) is 6.96. The molecule has 3 saturated heterocycles. The second-order valence-electron chi connectivity index (χ2n) is 16.6. The maximum Gasteiger partial charge on any atom is 0.254 e. The van der Waals surface area contributed by atoms with Gasteiger partial charge in [-0.05, 0) is 120 Å². The zero-order chi connectivity index (χ0) is 38.4. The van der Waals surface area contributed by atoms with Crippen molar-refractivity contribution in [2.75, 3.05) is 49.1 Å². The highest BCUT2D eigenvalue weighted by molar-refractivity contribution is 6.00. The summed E-state index contributed by atoms with van der Waals surface area (Å²) < 4.78 is 0. The van der Waals surface area contributed by atoms with Gasteiger partial charge in [0.25, 0.3) is 5.91 Å². The lowest BCUT2D eigenvalue weighted by Crippen LogP contribution is -2.59. The molecule has 290 valence electrons. The van der Waals surface area contributed by atoms with Crippen LogP contribution in [-0.2, 0) is 11.3 Å². The van der Waals surface area contributed by atoms with Crippen molar-refractivity contribution < 1.29 is 19.8 Å². The van der Waals surface area contributed by atoms with E-state index >= 15 is 0 Å². The highest BCUT2D eigenvalue weighted by Crippen LogP contribution is 2.51. The molecule has 2 unspecified atom stereocenters. The summed E-state index contributed by atoms with van der Waals surface area (Å²) in [5.41, 5.74) is 10.7. The molecule has 0 radical (unpaired) electrons. The number of aromatic hydroxyl groups is 1. The van der Waals surface area contributed by atoms with Crippen LogP contribution in [0.2, 0.25) is 0 Å². The van der Waals surface area contributed by atoms with Crippen LogP contribution < -0.4 is 15.1 Å². The summed E-state index contributed by atoms with van der Waals surface area (Å²) >= 11 is 0. The zero-order valence-corrected chi connectivity index (χ0v) is 32.4. The first-order chi connectivity index (χ1) is 27.3. The number of amides is 2. The zero-order valence-electron chi connectivity index (χ0n) is 32.4. The Morgan fingerprint density at radius 1 is 0.768 bits per heavy atom. The Bertz CT molecular complexity index is 2090. The third-order valence-corrected chi connectivity index (χ3v) is 13.5. The first-order valence-corrected chi connectivity index (χ1v) is 20.6. The Morgan fingerprint density at radius 2 is 1.41 bits per heavy atom. The summed E-state index contributed by atoms with van der Waals surface area (Å²) in [6, 6.07) is 33.9. The van der Waals surface area contributed by atoms with Crippen molar-refractivity contribution in [2.45, 2.75) is 76.7 Å². The molecule has 4 fully saturated rings. The molecule has 9 nitrogen and oxygen atoms in total. The number of nitrogens with zero attached hydrogens (tertiary/aromatic N) is 4. The number of aliphatic hydroxyl groups excluding tert-OH is 1. The Hall–Kier alpha value is -5.12. The van der Waals surface area contributed by atoms with Gasteiger partial charge in [-0.1, -0.05) is 61.5 Å². The van der Waals surface area contributed by atoms with Gasteiger partial charge in [-0.15, -0.1) is 0 Å². The number of nitrogens with one attached hydrogen (secondary N) is 1. The van der Waals surface area contributed by atoms with Gasteiger partial charge < -0.3 is 30.2 Å². The lowest BCUT2D eigenvalue weighted by atomic mass is 9.60. The molecule has 0 bridgehead atoms. The lowest BCUT2D eigenvalue weighted by Gasteiger charge is -2.56. The van der Waals surface area contributed by atoms with Crippen LogP contribution in [0.1, 0.15) is 84.5 Å². The maximum absolute atomic E-state index is 13.2. The summed E-state index contributed by atoms with van der Waals surface area (Å²) in [5, 5.41) is 23.1. The smallest absolute Gasteiger partial charge is 0.254 e. The van der Waals surface area contributed by atoms with E-state index < -0.39 is 12.3 Å². The van der Waals surface area contributed by atoms with Crippen molar-refractivity contribution >= 4 is 34.3 Å². The topological polar surface area (TPSA) is 99.6 Å². The van der Waals surface area contributed by atoms with Gasteiger partial charge in [-0.25, -0.2) is 0 Å². The molecule has 4 aromatic carbocycles. The molecule has 2 atom stereocenters. The molecule has 4 heterocycles. The standard InChI is InChI=1S/C47H53N5O4/c1-2-40(32-6-4-3-5-7-32)44(34-10-15-39(53)16-11-34)33-8-12-36(13-9-33)49-22-20-47(21-23-49)29-38(30-47)51-26-24-50(25-27-51)37-14-17-41-35(28-37)31-52(46(41)56)42-18-19-43(54)48-45(42)55/h3-17,28,38,42,45,53,55H,2,18-27,29-31H2,1H3,(H,48,54)/b44-40+. The van der Waals surface area contributed by atoms with Crippen molar-refractivity contribution in [2.24, 2.45) is 5.41 Å². The molecule has 56 heavy (non-hydrogen) atoms. The van der Waals surface area contributed by atoms with Crippen molar-refractivity contribution in [1.29, 1.82) is 0 Å². The molecule has 1 saturated carbocycles. The van der Waals surface area contributed by atoms with Crippen LogP contribution in [0.3, 0.4) is 0 Å². The molecule has 3 N–H and O–H groups in total. The number of benzene rings is 4. The summed E-state index contributed by atoms with van der Waals surface area (Å²) in [7, 11) is 0. The molecule has 1 spiro atoms. The average molecular weight is 752 g/mol. The molecule has 4 aliphatic heterocycles. The number of fused-ring (bicyclic) bond motifs is 1. The van der Waals surface area contributed by atoms with E-state index in [-0.39, 0.29) is 17.6 Å². The maximum atomic E-state index is 13.2. The summed E-state index contributed by atoms with van der Waals surface area (Å²) in [4.78, 5) is 34.4. The number of aliphatic hydroxyl groups is 1. The normalized spacial score (nSPS) is 23.1. The number of phenols is 1. The van der Waals surface area contributed by atoms with E-state index in [0.717, 1.165) is 62.5 Å². The van der Waals surface area contributed by atoms with Gasteiger partial charge in [0, 0.05) is 75.2 Å². The Balaban J connectivity index is 0.785. The van der Waals surface area contributed by atoms with E-state index in [2.05, 4.69) is 93.7 Å². The lowest BCUT2D eigenvalue weighted by molar-refractivity contribution is -0.129. The number of hydrogen-bond acceptors (Lipinski definition) is 7. The monoisotopic (exact) mass is 751 g/mol. The van der Waals surface area contributed by atoms with Crippen molar-refractivity contribution in [3.63, 3.8) is 0 Å². The second-order valence-corrected chi connectivity index (χ2v) is 16.6. The minimum Gasteiger partial charge on any atom is -0.508 e. The van der Waals surface area contributed by atoms with Crippen molar-refractivity contribution in [3.05, 3.63) is 125 Å². The van der Waals surface area contributed by atoms with Gasteiger partial charge in [0.1, 0.15) is 12.0 Å². The number of piperazine rings is 1. The quantitative estimate of drug-likeness (QED) is 0.169. The van der Waals surface area contributed by atoms with Gasteiger partial charge in [-0.3, -0.25) is 14.5 Å². The summed E-state index contributed by atoms with van der Waals surface area (Å²) in [6.07, 6.45) is 5.77. The van der Waals surface area contributed by atoms with Crippen LogP contribution in [0, 0.1) is 5.41 Å². The van der Waals surface area contributed by atoms with E-state index in [9.17, 15) is 19.8 Å². The molecule has 9 rings (SSSR count). The van der Waals surface area contributed by atoms with Crippen LogP contribution in [-0.4, -0.2) is 89.4 Å². The van der Waals surface area contributed by atoms with Crippen LogP contribution in [0.5, 0.6) is 5.75 Å². The van der Waals surface area contributed by atoms with Crippen LogP contribution in [0.25, 0.3) is 11.1 Å². The van der Waals surface area contributed by atoms with Crippen LogP contribution in [0.15, 0.2) is 97.1 Å². The molecule has 0 aromatic heterocycles. The SMILES string of the molecule is CC/C(=C(\c1ccc(O)cc1)c1ccc(N2CCC3(CC2)CC(N2CCN(c4ccc5c(c4)CN(C4CCC(=O)NC4O)C5=O)CC2)C3)cc1)c1ccccc1. The Morgan fingerprint density at radius 3 is 2.07 bits per heavy atom. The number of carbonyl (C=O) groups excluding carboxylic acids is 2.